The summed E-state index contributed by atoms with van der Waals surface area (Å²) in [6.45, 7) is 8.64. The van der Waals surface area contributed by atoms with E-state index in [9.17, 15) is 4.79 Å². The van der Waals surface area contributed by atoms with Gasteiger partial charge in [-0.25, -0.2) is 4.79 Å². The third kappa shape index (κ3) is 6.30. The molecule has 1 aromatic carbocycles. The molecular weight excluding hydrogens is 262 g/mol. The Balaban J connectivity index is 2.74. The Kier molecular flexibility index (Phi) is 8.06. The van der Waals surface area contributed by atoms with E-state index < -0.39 is 5.97 Å². The van der Waals surface area contributed by atoms with Gasteiger partial charge in [0.1, 0.15) is 0 Å². The third-order valence-electron chi connectivity index (χ3n) is 3.94. The molecular formula is C18H29NO2. The van der Waals surface area contributed by atoms with E-state index in [2.05, 4.69) is 25.7 Å². The molecule has 118 valence electrons. The first-order valence-corrected chi connectivity index (χ1v) is 8.14. The summed E-state index contributed by atoms with van der Waals surface area (Å²) in [6, 6.07) is 7.86. The summed E-state index contributed by atoms with van der Waals surface area (Å²) in [4.78, 5) is 13.6. The molecule has 0 radical (unpaired) electrons. The van der Waals surface area contributed by atoms with E-state index in [1.807, 2.05) is 12.1 Å². The lowest BCUT2D eigenvalue weighted by Crippen LogP contribution is -2.33. The van der Waals surface area contributed by atoms with Crippen molar-refractivity contribution >= 4 is 5.97 Å². The van der Waals surface area contributed by atoms with Crippen molar-refractivity contribution in [2.24, 2.45) is 0 Å². The van der Waals surface area contributed by atoms with Crippen molar-refractivity contribution in [3.05, 3.63) is 35.4 Å². The number of carboxylic acid groups (broad SMARTS) is 1. The van der Waals surface area contributed by atoms with Crippen LogP contribution in [-0.2, 0) is 6.54 Å². The smallest absolute Gasteiger partial charge is 0.335 e. The molecule has 0 aliphatic rings. The SMILES string of the molecule is CCCCCN(Cc1cccc(C(=O)O)c1)C(C)CCC. The van der Waals surface area contributed by atoms with Crippen LogP contribution < -0.4 is 0 Å². The van der Waals surface area contributed by atoms with E-state index in [0.29, 0.717) is 11.6 Å². The molecule has 0 saturated carbocycles. The summed E-state index contributed by atoms with van der Waals surface area (Å²) in [7, 11) is 0. The second-order valence-corrected chi connectivity index (χ2v) is 5.82. The minimum absolute atomic E-state index is 0.379. The van der Waals surface area contributed by atoms with Crippen LogP contribution in [0.5, 0.6) is 0 Å². The van der Waals surface area contributed by atoms with Crippen LogP contribution in [-0.4, -0.2) is 28.6 Å². The van der Waals surface area contributed by atoms with Crippen LogP contribution in [0.2, 0.25) is 0 Å². The fourth-order valence-electron chi connectivity index (χ4n) is 2.66. The number of hydrogen-bond acceptors (Lipinski definition) is 2. The first kappa shape index (κ1) is 17.7. The minimum atomic E-state index is -0.851. The second-order valence-electron chi connectivity index (χ2n) is 5.82. The van der Waals surface area contributed by atoms with E-state index in [1.165, 1.54) is 32.1 Å². The van der Waals surface area contributed by atoms with Gasteiger partial charge in [-0.3, -0.25) is 4.90 Å². The largest absolute Gasteiger partial charge is 0.478 e. The molecule has 0 aliphatic carbocycles. The van der Waals surface area contributed by atoms with Gasteiger partial charge < -0.3 is 5.11 Å². The summed E-state index contributed by atoms with van der Waals surface area (Å²) < 4.78 is 0. The Morgan fingerprint density at radius 1 is 1.24 bits per heavy atom. The first-order chi connectivity index (χ1) is 10.1. The van der Waals surface area contributed by atoms with Gasteiger partial charge in [0, 0.05) is 12.6 Å². The van der Waals surface area contributed by atoms with Gasteiger partial charge in [0.05, 0.1) is 5.56 Å². The Hall–Kier alpha value is -1.35. The van der Waals surface area contributed by atoms with Crippen molar-refractivity contribution in [3.8, 4) is 0 Å². The lowest BCUT2D eigenvalue weighted by atomic mass is 10.1. The fourth-order valence-corrected chi connectivity index (χ4v) is 2.66. The lowest BCUT2D eigenvalue weighted by Gasteiger charge is -2.29. The topological polar surface area (TPSA) is 40.5 Å². The Labute approximate surface area is 129 Å². The maximum Gasteiger partial charge on any atom is 0.335 e. The summed E-state index contributed by atoms with van der Waals surface area (Å²) in [5.41, 5.74) is 1.47. The van der Waals surface area contributed by atoms with Crippen LogP contribution in [0.1, 0.15) is 68.8 Å². The number of benzene rings is 1. The minimum Gasteiger partial charge on any atom is -0.478 e. The fraction of sp³-hybridized carbons (Fsp3) is 0.611. The summed E-state index contributed by atoms with van der Waals surface area (Å²) >= 11 is 0. The van der Waals surface area contributed by atoms with Crippen molar-refractivity contribution in [1.82, 2.24) is 4.90 Å². The Morgan fingerprint density at radius 2 is 2.00 bits per heavy atom. The van der Waals surface area contributed by atoms with Crippen LogP contribution >= 0.6 is 0 Å². The van der Waals surface area contributed by atoms with Gasteiger partial charge in [-0.05, 0) is 44.0 Å². The molecule has 1 aromatic rings. The number of hydrogen-bond donors (Lipinski definition) is 1. The number of rotatable bonds is 10. The summed E-state index contributed by atoms with van der Waals surface area (Å²) in [5, 5.41) is 9.10. The molecule has 0 aliphatic heterocycles. The normalized spacial score (nSPS) is 12.6. The predicted molar refractivity (Wildman–Crippen MR) is 87.7 cm³/mol. The van der Waals surface area contributed by atoms with Gasteiger partial charge in [0.15, 0.2) is 0 Å². The Bertz CT molecular complexity index is 431. The highest BCUT2D eigenvalue weighted by Gasteiger charge is 2.14. The standard InChI is InChI=1S/C18H29NO2/c1-4-6-7-12-19(15(3)9-5-2)14-16-10-8-11-17(13-16)18(20)21/h8,10-11,13,15H,4-7,9,12,14H2,1-3H3,(H,20,21). The van der Waals surface area contributed by atoms with E-state index >= 15 is 0 Å². The molecule has 0 heterocycles. The number of carboxylic acids is 1. The average Bonchev–Trinajstić information content (AvgIpc) is 2.47. The maximum absolute atomic E-state index is 11.1. The van der Waals surface area contributed by atoms with Crippen LogP contribution in [0.25, 0.3) is 0 Å². The van der Waals surface area contributed by atoms with E-state index in [1.54, 1.807) is 12.1 Å². The van der Waals surface area contributed by atoms with Crippen molar-refractivity contribution in [2.75, 3.05) is 6.54 Å². The monoisotopic (exact) mass is 291 g/mol. The maximum atomic E-state index is 11.1. The molecule has 0 amide bonds. The van der Waals surface area contributed by atoms with Crippen molar-refractivity contribution in [3.63, 3.8) is 0 Å². The molecule has 1 N–H and O–H groups in total. The van der Waals surface area contributed by atoms with Crippen LogP contribution in [0, 0.1) is 0 Å². The highest BCUT2D eigenvalue weighted by atomic mass is 16.4. The Morgan fingerprint density at radius 3 is 2.62 bits per heavy atom. The van der Waals surface area contributed by atoms with Crippen LogP contribution in [0.4, 0.5) is 0 Å². The van der Waals surface area contributed by atoms with Crippen molar-refractivity contribution in [1.29, 1.82) is 0 Å². The molecule has 1 atom stereocenters. The van der Waals surface area contributed by atoms with Gasteiger partial charge in [0.25, 0.3) is 0 Å². The molecule has 0 bridgehead atoms. The molecule has 0 spiro atoms. The predicted octanol–water partition coefficient (Wildman–Crippen LogP) is 4.57. The molecule has 1 unspecified atom stereocenters. The zero-order valence-corrected chi connectivity index (χ0v) is 13.6. The number of unbranched alkanes of at least 4 members (excludes halogenated alkanes) is 2. The highest BCUT2D eigenvalue weighted by Crippen LogP contribution is 2.15. The molecule has 3 nitrogen and oxygen atoms in total. The van der Waals surface area contributed by atoms with Crippen LogP contribution in [0.15, 0.2) is 24.3 Å². The molecule has 0 fully saturated rings. The second kappa shape index (κ2) is 9.56. The average molecular weight is 291 g/mol. The molecule has 0 saturated heterocycles. The van der Waals surface area contributed by atoms with Gasteiger partial charge in [-0.1, -0.05) is 45.2 Å². The first-order valence-electron chi connectivity index (χ1n) is 8.14. The third-order valence-corrected chi connectivity index (χ3v) is 3.94. The summed E-state index contributed by atoms with van der Waals surface area (Å²) in [6.07, 6.45) is 6.06. The van der Waals surface area contributed by atoms with Gasteiger partial charge in [0.2, 0.25) is 0 Å². The van der Waals surface area contributed by atoms with Gasteiger partial charge in [-0.15, -0.1) is 0 Å². The van der Waals surface area contributed by atoms with Gasteiger partial charge >= 0.3 is 5.97 Å². The number of aromatic carboxylic acids is 1. The van der Waals surface area contributed by atoms with E-state index in [4.69, 9.17) is 5.11 Å². The molecule has 0 aromatic heterocycles. The quantitative estimate of drug-likeness (QED) is 0.642. The lowest BCUT2D eigenvalue weighted by molar-refractivity contribution is 0.0696. The zero-order chi connectivity index (χ0) is 15.7. The van der Waals surface area contributed by atoms with E-state index in [0.717, 1.165) is 18.7 Å². The van der Waals surface area contributed by atoms with Crippen LogP contribution in [0.3, 0.4) is 0 Å². The molecule has 1 rings (SSSR count). The van der Waals surface area contributed by atoms with Crippen molar-refractivity contribution < 1.29 is 9.90 Å². The number of nitrogens with zero attached hydrogens (tertiary/aromatic N) is 1. The molecule has 3 heteroatoms. The highest BCUT2D eigenvalue weighted by molar-refractivity contribution is 5.87. The number of carbonyl (C=O) groups is 1. The van der Waals surface area contributed by atoms with E-state index in [-0.39, 0.29) is 0 Å². The summed E-state index contributed by atoms with van der Waals surface area (Å²) in [5.74, 6) is -0.851. The molecule has 21 heavy (non-hydrogen) atoms. The van der Waals surface area contributed by atoms with Crippen molar-refractivity contribution in [2.45, 2.75) is 65.5 Å². The zero-order valence-electron chi connectivity index (χ0n) is 13.6. The van der Waals surface area contributed by atoms with Gasteiger partial charge in [-0.2, -0.15) is 0 Å².